The Hall–Kier alpha value is -2.05. The van der Waals surface area contributed by atoms with Crippen molar-refractivity contribution in [1.82, 2.24) is 4.98 Å². The van der Waals surface area contributed by atoms with E-state index in [-0.39, 0.29) is 30.4 Å². The van der Waals surface area contributed by atoms with Crippen LogP contribution in [0.3, 0.4) is 0 Å². The Morgan fingerprint density at radius 3 is 1.73 bits per heavy atom. The molecular weight excluding hydrogens is 866 g/mol. The number of hydrogen-bond acceptors (Lipinski definition) is 2. The number of rotatable bonds is 8. The fraction of sp³-hybridized carbons (Fsp3) is 0.588. The smallest absolute Gasteiger partial charge is 0.104 e. The summed E-state index contributed by atoms with van der Waals surface area (Å²) in [7, 11) is -2.53. The zero-order chi connectivity index (χ0) is 37.4. The Bertz CT molecular complexity index is 1930. The molecule has 3 aromatic carbocycles. The molecule has 295 valence electrons. The summed E-state index contributed by atoms with van der Waals surface area (Å²) in [5.74, 6) is 6.53. The average Bonchev–Trinajstić information content (AvgIpc) is 3.11. The first-order chi connectivity index (χ1) is 25.9. The van der Waals surface area contributed by atoms with Gasteiger partial charge >= 0.3 is 0 Å². The van der Waals surface area contributed by atoms with Gasteiger partial charge in [0.2, 0.25) is 0 Å². The zero-order valence-electron chi connectivity index (χ0n) is 34.4. The van der Waals surface area contributed by atoms with Crippen molar-refractivity contribution in [1.29, 1.82) is 0 Å². The fourth-order valence-electron chi connectivity index (χ4n) is 14.3. The molecule has 0 atom stereocenters. The summed E-state index contributed by atoms with van der Waals surface area (Å²) >= 11 is 0. The number of aryl methyl sites for hydroxylation is 2. The van der Waals surface area contributed by atoms with E-state index in [0.717, 1.165) is 70.7 Å². The van der Waals surface area contributed by atoms with E-state index in [1.807, 2.05) is 0 Å². The maximum Gasteiger partial charge on any atom is 0.104 e. The molecule has 12 rings (SSSR count). The summed E-state index contributed by atoms with van der Waals surface area (Å²) in [6, 6.07) is 28.8. The first-order valence-electron chi connectivity index (χ1n) is 21.9. The molecule has 2 nitrogen and oxygen atoms in total. The van der Waals surface area contributed by atoms with Crippen LogP contribution in [-0.4, -0.2) is 15.3 Å². The van der Waals surface area contributed by atoms with Crippen LogP contribution in [0.2, 0.25) is 0 Å². The standard InChI is InChI=1S/C26H34OP.C25H30N.Ir/c27-28(24-4-2-1-3-5-24,25-12-18-6-19(13-25)8-20(7-18)14-25)26-15-21-9-22(16-26)11-23(10-21)17-26;1-16(2)11-20-7-9-25-22(23(20)12-17(3)4)8-10-24(26-25)21-14-18(5)13-19(6)15-21;/h1-4,18-23H,6-17H2;7-10,13-14,16-17H,11-12H2,1-6H3;/q2*-1;. The molecule has 8 bridgehead atoms. The van der Waals surface area contributed by atoms with Gasteiger partial charge in [0.1, 0.15) is 7.14 Å². The Balaban J connectivity index is 0.000000153. The van der Waals surface area contributed by atoms with Crippen molar-refractivity contribution >= 4 is 23.3 Å². The van der Waals surface area contributed by atoms with E-state index in [4.69, 9.17) is 4.98 Å². The number of benzene rings is 3. The predicted octanol–water partition coefficient (Wildman–Crippen LogP) is 13.1. The second kappa shape index (κ2) is 15.3. The molecule has 1 aromatic heterocycles. The summed E-state index contributed by atoms with van der Waals surface area (Å²) in [6.07, 6.45) is 18.6. The molecule has 8 aliphatic carbocycles. The minimum absolute atomic E-state index is 0. The van der Waals surface area contributed by atoms with Crippen molar-refractivity contribution in [2.75, 3.05) is 0 Å². The van der Waals surface area contributed by atoms with E-state index in [9.17, 15) is 0 Å². The molecule has 1 radical (unpaired) electrons. The van der Waals surface area contributed by atoms with E-state index in [1.54, 1.807) is 0 Å². The molecule has 0 aliphatic heterocycles. The monoisotopic (exact) mass is 930 g/mol. The molecule has 0 spiro atoms. The third-order valence-electron chi connectivity index (χ3n) is 15.1. The van der Waals surface area contributed by atoms with Crippen LogP contribution in [0, 0.1) is 73.3 Å². The largest absolute Gasteiger partial charge is 0.320 e. The Labute approximate surface area is 346 Å². The van der Waals surface area contributed by atoms with Crippen molar-refractivity contribution < 1.29 is 24.7 Å². The van der Waals surface area contributed by atoms with Gasteiger partial charge in [-0.05, 0) is 160 Å². The van der Waals surface area contributed by atoms with Crippen LogP contribution >= 0.6 is 7.14 Å². The van der Waals surface area contributed by atoms with Crippen molar-refractivity contribution in [3.8, 4) is 11.3 Å². The maximum absolute atomic E-state index is 15.9. The number of hydrogen-bond donors (Lipinski definition) is 0. The van der Waals surface area contributed by atoms with E-state index in [2.05, 4.69) is 114 Å². The molecule has 8 fully saturated rings. The molecular formula is C51H64IrNOP-2. The van der Waals surface area contributed by atoms with Crippen molar-refractivity contribution in [3.63, 3.8) is 0 Å². The van der Waals surface area contributed by atoms with Gasteiger partial charge in [0, 0.05) is 35.8 Å². The van der Waals surface area contributed by atoms with Gasteiger partial charge in [0.15, 0.2) is 0 Å². The first-order valence-corrected chi connectivity index (χ1v) is 23.6. The molecule has 4 heteroatoms. The van der Waals surface area contributed by atoms with Gasteiger partial charge in [-0.2, -0.15) is 30.3 Å². The van der Waals surface area contributed by atoms with Crippen LogP contribution in [-0.2, 0) is 37.5 Å². The van der Waals surface area contributed by atoms with Crippen molar-refractivity contribution in [3.05, 3.63) is 95.1 Å². The minimum Gasteiger partial charge on any atom is -0.320 e. The molecule has 4 aromatic rings. The molecule has 8 aliphatic rings. The van der Waals surface area contributed by atoms with Gasteiger partial charge in [-0.1, -0.05) is 59.7 Å². The van der Waals surface area contributed by atoms with Gasteiger partial charge in [-0.15, -0.1) is 40.2 Å². The van der Waals surface area contributed by atoms with Gasteiger partial charge in [0.25, 0.3) is 0 Å². The van der Waals surface area contributed by atoms with E-state index >= 15 is 4.57 Å². The van der Waals surface area contributed by atoms with Crippen LogP contribution in [0.25, 0.3) is 22.2 Å². The van der Waals surface area contributed by atoms with Crippen LogP contribution < -0.4 is 5.30 Å². The summed E-state index contributed by atoms with van der Waals surface area (Å²) in [5, 5.41) is 2.74. The second-order valence-corrected chi connectivity index (χ2v) is 24.2. The van der Waals surface area contributed by atoms with Crippen LogP contribution in [0.5, 0.6) is 0 Å². The summed E-state index contributed by atoms with van der Waals surface area (Å²) in [6.45, 7) is 13.4. The van der Waals surface area contributed by atoms with Crippen molar-refractivity contribution in [2.45, 2.75) is 142 Å². The van der Waals surface area contributed by atoms with E-state index in [1.165, 1.54) is 104 Å². The molecule has 8 saturated carbocycles. The van der Waals surface area contributed by atoms with E-state index < -0.39 is 7.14 Å². The Kier molecular flexibility index (Phi) is 11.0. The van der Waals surface area contributed by atoms with Gasteiger partial charge < -0.3 is 4.57 Å². The third kappa shape index (κ3) is 7.22. The Morgan fingerprint density at radius 2 is 1.25 bits per heavy atom. The van der Waals surface area contributed by atoms with Crippen LogP contribution in [0.4, 0.5) is 0 Å². The number of nitrogens with zero attached hydrogens (tertiary/aromatic N) is 1. The molecule has 0 N–H and O–H groups in total. The zero-order valence-corrected chi connectivity index (χ0v) is 37.7. The quantitative estimate of drug-likeness (QED) is 0.130. The summed E-state index contributed by atoms with van der Waals surface area (Å²) < 4.78 is 15.9. The SMILES string of the molecule is Cc1[c-]c(-c2ccc3c(CC(C)C)c(CC(C)C)ccc3n2)cc(C)c1.O=P(c1[c-]cccc1)(C12CC3CC(CC(C3)C1)C2)C12CC3CC(CC(C3)C1)C2.[Ir]. The fourth-order valence-corrected chi connectivity index (χ4v) is 19.9. The van der Waals surface area contributed by atoms with Gasteiger partial charge in [0.05, 0.1) is 5.52 Å². The molecule has 0 amide bonds. The van der Waals surface area contributed by atoms with Crippen molar-refractivity contribution in [2.24, 2.45) is 47.3 Å². The van der Waals surface area contributed by atoms with Gasteiger partial charge in [-0.25, -0.2) is 0 Å². The summed E-state index contributed by atoms with van der Waals surface area (Å²) in [4.78, 5) is 4.98. The van der Waals surface area contributed by atoms with E-state index in [0.29, 0.717) is 11.8 Å². The van der Waals surface area contributed by atoms with Crippen LogP contribution in [0.15, 0.2) is 60.7 Å². The number of aromatic nitrogens is 1. The first kappa shape index (κ1) is 39.8. The second-order valence-electron chi connectivity index (χ2n) is 20.6. The normalized spacial score (nSPS) is 32.4. The molecule has 1 heterocycles. The Morgan fingerprint density at radius 1 is 0.709 bits per heavy atom. The third-order valence-corrected chi connectivity index (χ3v) is 19.8. The predicted molar refractivity (Wildman–Crippen MR) is 227 cm³/mol. The minimum atomic E-state index is -2.53. The molecule has 55 heavy (non-hydrogen) atoms. The molecule has 0 unspecified atom stereocenters. The maximum atomic E-state index is 15.9. The van der Waals surface area contributed by atoms with Gasteiger partial charge in [-0.3, -0.25) is 4.98 Å². The topological polar surface area (TPSA) is 30.0 Å². The molecule has 0 saturated heterocycles. The number of pyridine rings is 1. The number of fused-ring (bicyclic) bond motifs is 1. The van der Waals surface area contributed by atoms with Crippen LogP contribution in [0.1, 0.15) is 127 Å². The average molecular weight is 930 g/mol. The summed E-state index contributed by atoms with van der Waals surface area (Å²) in [5.41, 5.74) is 8.57.